The van der Waals surface area contributed by atoms with Crippen LogP contribution in [0, 0.1) is 5.92 Å². The average Bonchev–Trinajstić information content (AvgIpc) is 2.60. The number of amides is 2. The van der Waals surface area contributed by atoms with Gasteiger partial charge in [0, 0.05) is 39.4 Å². The van der Waals surface area contributed by atoms with E-state index >= 15 is 0 Å². The van der Waals surface area contributed by atoms with Crippen molar-refractivity contribution in [1.82, 2.24) is 10.2 Å². The Morgan fingerprint density at radius 2 is 1.83 bits per heavy atom. The number of nitrogens with one attached hydrogen (secondary N) is 1. The zero-order chi connectivity index (χ0) is 17.5. The van der Waals surface area contributed by atoms with Gasteiger partial charge in [0.25, 0.3) is 0 Å². The summed E-state index contributed by atoms with van der Waals surface area (Å²) in [6.07, 6.45) is 1.34. The number of hydrogen-bond donors (Lipinski definition) is 1. The molecular formula is C18H27N3O3. The Balaban J connectivity index is 1.76. The van der Waals surface area contributed by atoms with Crippen LogP contribution in [0.25, 0.3) is 0 Å². The molecule has 0 aromatic heterocycles. The molecule has 132 valence electrons. The summed E-state index contributed by atoms with van der Waals surface area (Å²) in [5.41, 5.74) is 2.20. The summed E-state index contributed by atoms with van der Waals surface area (Å²) in [7, 11) is 3.99. The number of nitrogens with zero attached hydrogens (tertiary/aromatic N) is 2. The summed E-state index contributed by atoms with van der Waals surface area (Å²) in [4.78, 5) is 27.8. The molecule has 1 aliphatic heterocycles. The molecule has 6 heteroatoms. The van der Waals surface area contributed by atoms with Crippen molar-refractivity contribution in [3.63, 3.8) is 0 Å². The Kier molecular flexibility index (Phi) is 6.46. The lowest BCUT2D eigenvalue weighted by atomic mass is 9.97. The molecule has 2 rings (SSSR count). The molecule has 1 heterocycles. The first-order chi connectivity index (χ1) is 11.5. The van der Waals surface area contributed by atoms with Gasteiger partial charge in [0.15, 0.2) is 0 Å². The topological polar surface area (TPSA) is 61.9 Å². The minimum absolute atomic E-state index is 0.0750. The molecule has 0 bridgehead atoms. The fourth-order valence-electron chi connectivity index (χ4n) is 2.78. The lowest BCUT2D eigenvalue weighted by molar-refractivity contribution is -0.149. The number of hydrogen-bond acceptors (Lipinski definition) is 4. The van der Waals surface area contributed by atoms with Crippen molar-refractivity contribution in [3.8, 4) is 0 Å². The van der Waals surface area contributed by atoms with Crippen molar-refractivity contribution in [2.24, 2.45) is 5.92 Å². The largest absolute Gasteiger partial charge is 0.466 e. The second kappa shape index (κ2) is 8.57. The molecular weight excluding hydrogens is 306 g/mol. The number of urea groups is 1. The monoisotopic (exact) mass is 333 g/mol. The smallest absolute Gasteiger partial charge is 0.317 e. The molecule has 1 fully saturated rings. The Labute approximate surface area is 143 Å². The zero-order valence-corrected chi connectivity index (χ0v) is 14.7. The van der Waals surface area contributed by atoms with Crippen molar-refractivity contribution < 1.29 is 14.3 Å². The van der Waals surface area contributed by atoms with Gasteiger partial charge in [0.1, 0.15) is 0 Å². The normalized spacial score (nSPS) is 15.0. The standard InChI is InChI=1S/C18H27N3O3/c1-4-24-17(22)15-9-11-21(12-10-15)18(23)19-13-14-5-7-16(8-6-14)20(2)3/h5-8,15H,4,9-13H2,1-3H3,(H,19,23). The van der Waals surface area contributed by atoms with Crippen LogP contribution in [-0.4, -0.2) is 50.7 Å². The molecule has 1 N–H and O–H groups in total. The van der Waals surface area contributed by atoms with Gasteiger partial charge in [0.05, 0.1) is 12.5 Å². The van der Waals surface area contributed by atoms with Crippen LogP contribution in [0.15, 0.2) is 24.3 Å². The van der Waals surface area contributed by atoms with Gasteiger partial charge in [0.2, 0.25) is 0 Å². The molecule has 2 amide bonds. The molecule has 6 nitrogen and oxygen atoms in total. The van der Waals surface area contributed by atoms with E-state index in [2.05, 4.69) is 5.32 Å². The maximum atomic E-state index is 12.2. The summed E-state index contributed by atoms with van der Waals surface area (Å²) >= 11 is 0. The first-order valence-electron chi connectivity index (χ1n) is 8.47. The highest BCUT2D eigenvalue weighted by Gasteiger charge is 2.27. The van der Waals surface area contributed by atoms with Gasteiger partial charge in [-0.25, -0.2) is 4.79 Å². The van der Waals surface area contributed by atoms with E-state index in [0.717, 1.165) is 11.3 Å². The lowest BCUT2D eigenvalue weighted by Gasteiger charge is -2.30. The summed E-state index contributed by atoms with van der Waals surface area (Å²) < 4.78 is 5.05. The van der Waals surface area contributed by atoms with Gasteiger partial charge in [-0.15, -0.1) is 0 Å². The van der Waals surface area contributed by atoms with Crippen LogP contribution in [-0.2, 0) is 16.1 Å². The van der Waals surface area contributed by atoms with E-state index in [9.17, 15) is 9.59 Å². The molecule has 1 saturated heterocycles. The minimum Gasteiger partial charge on any atom is -0.466 e. The Morgan fingerprint density at radius 1 is 1.21 bits per heavy atom. The SMILES string of the molecule is CCOC(=O)C1CCN(C(=O)NCc2ccc(N(C)C)cc2)CC1. The third-order valence-corrected chi connectivity index (χ3v) is 4.30. The molecule has 0 atom stereocenters. The van der Waals surface area contributed by atoms with Crippen LogP contribution in [0.2, 0.25) is 0 Å². The number of esters is 1. The van der Waals surface area contributed by atoms with Crippen molar-refractivity contribution in [1.29, 1.82) is 0 Å². The first-order valence-corrected chi connectivity index (χ1v) is 8.47. The number of benzene rings is 1. The molecule has 1 aliphatic rings. The van der Waals surface area contributed by atoms with Crippen molar-refractivity contribution in [2.75, 3.05) is 38.7 Å². The minimum atomic E-state index is -0.140. The van der Waals surface area contributed by atoms with Crippen LogP contribution in [0.5, 0.6) is 0 Å². The third kappa shape index (κ3) is 4.88. The average molecular weight is 333 g/mol. The van der Waals surface area contributed by atoms with Gasteiger partial charge in [-0.05, 0) is 37.5 Å². The van der Waals surface area contributed by atoms with Crippen molar-refractivity contribution in [2.45, 2.75) is 26.3 Å². The predicted molar refractivity (Wildman–Crippen MR) is 93.9 cm³/mol. The fraction of sp³-hybridized carbons (Fsp3) is 0.556. The van der Waals surface area contributed by atoms with E-state index in [1.54, 1.807) is 4.90 Å². The zero-order valence-electron chi connectivity index (χ0n) is 14.7. The van der Waals surface area contributed by atoms with Crippen molar-refractivity contribution >= 4 is 17.7 Å². The maximum Gasteiger partial charge on any atom is 0.317 e. The summed E-state index contributed by atoms with van der Waals surface area (Å²) in [5, 5.41) is 2.94. The number of rotatable bonds is 5. The Bertz CT molecular complexity index is 549. The van der Waals surface area contributed by atoms with Gasteiger partial charge in [-0.3, -0.25) is 4.79 Å². The lowest BCUT2D eigenvalue weighted by Crippen LogP contribution is -2.45. The maximum absolute atomic E-state index is 12.2. The highest BCUT2D eigenvalue weighted by atomic mass is 16.5. The van der Waals surface area contributed by atoms with Crippen LogP contribution < -0.4 is 10.2 Å². The molecule has 0 spiro atoms. The van der Waals surface area contributed by atoms with Crippen molar-refractivity contribution in [3.05, 3.63) is 29.8 Å². The molecule has 1 aromatic rings. The quantitative estimate of drug-likeness (QED) is 0.840. The summed E-state index contributed by atoms with van der Waals surface area (Å²) in [6.45, 7) is 3.91. The Morgan fingerprint density at radius 3 is 2.38 bits per heavy atom. The highest BCUT2D eigenvalue weighted by molar-refractivity contribution is 5.76. The third-order valence-electron chi connectivity index (χ3n) is 4.30. The molecule has 0 radical (unpaired) electrons. The molecule has 0 unspecified atom stereocenters. The number of piperidine rings is 1. The van der Waals surface area contributed by atoms with Gasteiger partial charge >= 0.3 is 12.0 Å². The number of carbonyl (C=O) groups excluding carboxylic acids is 2. The molecule has 0 saturated carbocycles. The highest BCUT2D eigenvalue weighted by Crippen LogP contribution is 2.19. The number of anilines is 1. The van der Waals surface area contributed by atoms with Crippen LogP contribution in [0.4, 0.5) is 10.5 Å². The Hall–Kier alpha value is -2.24. The van der Waals surface area contributed by atoms with E-state index in [1.807, 2.05) is 50.2 Å². The van der Waals surface area contributed by atoms with Crippen LogP contribution in [0.3, 0.4) is 0 Å². The van der Waals surface area contributed by atoms with Gasteiger partial charge < -0.3 is 19.9 Å². The number of ether oxygens (including phenoxy) is 1. The molecule has 1 aromatic carbocycles. The van der Waals surface area contributed by atoms with Gasteiger partial charge in [-0.2, -0.15) is 0 Å². The number of carbonyl (C=O) groups is 2. The summed E-state index contributed by atoms with van der Waals surface area (Å²) in [6, 6.07) is 8.03. The first kappa shape index (κ1) is 18.1. The van der Waals surface area contributed by atoms with E-state index in [4.69, 9.17) is 4.74 Å². The van der Waals surface area contributed by atoms with Crippen LogP contribution in [0.1, 0.15) is 25.3 Å². The molecule has 24 heavy (non-hydrogen) atoms. The second-order valence-electron chi connectivity index (χ2n) is 6.23. The van der Waals surface area contributed by atoms with Crippen LogP contribution >= 0.6 is 0 Å². The van der Waals surface area contributed by atoms with E-state index in [0.29, 0.717) is 39.1 Å². The molecule has 0 aliphatic carbocycles. The van der Waals surface area contributed by atoms with E-state index in [1.165, 1.54) is 0 Å². The predicted octanol–water partition coefficient (Wildman–Crippen LogP) is 2.24. The number of likely N-dealkylation sites (tertiary alicyclic amines) is 1. The fourth-order valence-corrected chi connectivity index (χ4v) is 2.78. The van der Waals surface area contributed by atoms with E-state index in [-0.39, 0.29) is 17.9 Å². The second-order valence-corrected chi connectivity index (χ2v) is 6.23. The van der Waals surface area contributed by atoms with E-state index < -0.39 is 0 Å². The van der Waals surface area contributed by atoms with Gasteiger partial charge in [-0.1, -0.05) is 12.1 Å². The summed E-state index contributed by atoms with van der Waals surface area (Å²) in [5.74, 6) is -0.217.